The summed E-state index contributed by atoms with van der Waals surface area (Å²) in [6, 6.07) is 0. The van der Waals surface area contributed by atoms with Crippen LogP contribution in [0.15, 0.2) is 12.5 Å². The summed E-state index contributed by atoms with van der Waals surface area (Å²) >= 11 is 0. The van der Waals surface area contributed by atoms with E-state index in [4.69, 9.17) is 4.74 Å². The van der Waals surface area contributed by atoms with Gasteiger partial charge in [0, 0.05) is 58.3 Å². The number of carbonyl (C=O) groups excluding carboxylic acids is 2. The Labute approximate surface area is 141 Å². The van der Waals surface area contributed by atoms with E-state index in [1.165, 1.54) is 19.4 Å². The minimum absolute atomic E-state index is 0. The van der Waals surface area contributed by atoms with E-state index >= 15 is 0 Å². The molecule has 0 amide bonds. The fraction of sp³-hybridized carbons (Fsp3) is 0.444. The number of aromatic nitrogens is 2. The zero-order valence-electron chi connectivity index (χ0n) is 9.93. The number of hydrogen-bond acceptors (Lipinski definition) is 6. The van der Waals surface area contributed by atoms with Crippen LogP contribution in [0.2, 0.25) is 0 Å². The Morgan fingerprint density at radius 3 is 2.71 bits per heavy atom. The van der Waals surface area contributed by atoms with E-state index in [0.717, 1.165) is 0 Å². The molecule has 1 unspecified atom stereocenters. The summed E-state index contributed by atoms with van der Waals surface area (Å²) in [7, 11) is 0. The van der Waals surface area contributed by atoms with E-state index in [0.29, 0.717) is 0 Å². The molecule has 0 aliphatic heterocycles. The molecular weight excluding hydrogens is 255 g/mol. The van der Waals surface area contributed by atoms with Crippen LogP contribution in [0.5, 0.6) is 0 Å². The minimum Gasteiger partial charge on any atom is -0.435 e. The van der Waals surface area contributed by atoms with Crippen LogP contribution in [0.1, 0.15) is 24.3 Å². The minimum atomic E-state index is -1.02. The molecule has 1 atom stereocenters. The van der Waals surface area contributed by atoms with Gasteiger partial charge in [-0.25, -0.2) is 14.6 Å². The Bertz CT molecular complexity index is 354. The van der Waals surface area contributed by atoms with Crippen LogP contribution < -0.4 is 0 Å². The molecule has 1 aromatic rings. The Morgan fingerprint density at radius 2 is 2.18 bits per heavy atom. The average molecular weight is 267 g/mol. The van der Waals surface area contributed by atoms with E-state index in [1.54, 1.807) is 6.92 Å². The number of aromatic amines is 1. The maximum Gasteiger partial charge on any atom is 0.511 e. The van der Waals surface area contributed by atoms with E-state index in [2.05, 4.69) is 19.4 Å². The largest absolute Gasteiger partial charge is 0.511 e. The first-order chi connectivity index (χ1) is 7.63. The van der Waals surface area contributed by atoms with Gasteiger partial charge in [-0.1, -0.05) is 0 Å². The smallest absolute Gasteiger partial charge is 0.435 e. The maximum atomic E-state index is 11.3. The van der Waals surface area contributed by atoms with Crippen molar-refractivity contribution in [1.82, 2.24) is 9.97 Å². The summed E-state index contributed by atoms with van der Waals surface area (Å²) < 4.78 is 13.9. The van der Waals surface area contributed by atoms with Crippen molar-refractivity contribution in [2.45, 2.75) is 20.1 Å². The molecule has 1 heterocycles. The summed E-state index contributed by atoms with van der Waals surface area (Å²) in [4.78, 5) is 28.4. The molecular formula is C9H12KN2O5. The Balaban J connectivity index is 0.00000256. The van der Waals surface area contributed by atoms with Gasteiger partial charge >= 0.3 is 12.1 Å². The van der Waals surface area contributed by atoms with Gasteiger partial charge in [-0.05, 0) is 6.92 Å². The molecule has 17 heavy (non-hydrogen) atoms. The van der Waals surface area contributed by atoms with Crippen LogP contribution in [-0.4, -0.2) is 86.4 Å². The number of ether oxygens (including phenoxy) is 3. The number of nitrogens with zero attached hydrogens (tertiary/aromatic N) is 1. The molecule has 0 saturated carbocycles. The van der Waals surface area contributed by atoms with Crippen LogP contribution in [0.3, 0.4) is 0 Å². The summed E-state index contributed by atoms with van der Waals surface area (Å²) in [5.74, 6) is -0.658. The Morgan fingerprint density at radius 1 is 1.47 bits per heavy atom. The van der Waals surface area contributed by atoms with Gasteiger partial charge < -0.3 is 19.2 Å². The molecule has 0 aromatic carbocycles. The van der Waals surface area contributed by atoms with Gasteiger partial charge in [0.25, 0.3) is 0 Å². The first kappa shape index (κ1) is 16.6. The second-order valence-electron chi connectivity index (χ2n) is 2.74. The summed E-state index contributed by atoms with van der Waals surface area (Å²) in [6.45, 7) is 3.24. The van der Waals surface area contributed by atoms with Gasteiger partial charge in [-0.2, -0.15) is 0 Å². The topological polar surface area (TPSA) is 90.5 Å². The molecule has 8 heteroatoms. The predicted molar refractivity (Wildman–Crippen MR) is 57.3 cm³/mol. The van der Waals surface area contributed by atoms with Gasteiger partial charge in [-0.3, -0.25) is 0 Å². The molecule has 1 radical (unpaired) electrons. The van der Waals surface area contributed by atoms with E-state index in [9.17, 15) is 9.59 Å². The molecule has 89 valence electrons. The average Bonchev–Trinajstić information content (AvgIpc) is 2.69. The van der Waals surface area contributed by atoms with E-state index in [-0.39, 0.29) is 63.7 Å². The van der Waals surface area contributed by atoms with Gasteiger partial charge in [0.15, 0.2) is 0 Å². The molecule has 0 bridgehead atoms. The zero-order valence-corrected chi connectivity index (χ0v) is 13.1. The molecule has 7 nitrogen and oxygen atoms in total. The monoisotopic (exact) mass is 267 g/mol. The molecule has 1 rings (SSSR count). The molecule has 0 aliphatic rings. The Hall–Kier alpha value is -0.414. The number of esters is 1. The van der Waals surface area contributed by atoms with Crippen molar-refractivity contribution < 1.29 is 23.8 Å². The van der Waals surface area contributed by atoms with Gasteiger partial charge in [0.05, 0.1) is 19.1 Å². The van der Waals surface area contributed by atoms with E-state index < -0.39 is 18.4 Å². The molecule has 0 saturated heterocycles. The van der Waals surface area contributed by atoms with Crippen LogP contribution in [0, 0.1) is 0 Å². The van der Waals surface area contributed by atoms with Gasteiger partial charge in [0.2, 0.25) is 6.29 Å². The van der Waals surface area contributed by atoms with Gasteiger partial charge in [-0.15, -0.1) is 0 Å². The van der Waals surface area contributed by atoms with E-state index in [1.807, 2.05) is 0 Å². The van der Waals surface area contributed by atoms with Crippen molar-refractivity contribution in [3.8, 4) is 0 Å². The zero-order chi connectivity index (χ0) is 12.0. The second-order valence-corrected chi connectivity index (χ2v) is 2.74. The SMILES string of the molecule is CCOC(=O)OC(C)OC(=O)c1cnc[nH]1.[K]. The van der Waals surface area contributed by atoms with Crippen molar-refractivity contribution in [2.24, 2.45) is 0 Å². The third kappa shape index (κ3) is 6.17. The second kappa shape index (κ2) is 8.64. The standard InChI is InChI=1S/C9H12N2O5.K/c1-3-14-9(13)16-6(2)15-8(12)7-4-10-5-11-7;/h4-6H,3H2,1-2H3,(H,10,11);. The normalized spacial score (nSPS) is 10.9. The summed E-state index contributed by atoms with van der Waals surface area (Å²) in [5, 5.41) is 0. The fourth-order valence-corrected chi connectivity index (χ4v) is 0.893. The Kier molecular flexibility index (Phi) is 8.43. The first-order valence-electron chi connectivity index (χ1n) is 4.66. The first-order valence-corrected chi connectivity index (χ1v) is 4.66. The number of nitrogens with one attached hydrogen (secondary N) is 1. The maximum absolute atomic E-state index is 11.3. The summed E-state index contributed by atoms with van der Waals surface area (Å²) in [6.07, 6.45) is 0.745. The molecule has 0 aliphatic carbocycles. The molecule has 0 spiro atoms. The fourth-order valence-electron chi connectivity index (χ4n) is 0.893. The molecule has 1 N–H and O–H groups in total. The van der Waals surface area contributed by atoms with Crippen molar-refractivity contribution in [2.75, 3.05) is 6.61 Å². The number of rotatable bonds is 4. The number of H-pyrrole nitrogens is 1. The third-order valence-corrected chi connectivity index (χ3v) is 1.52. The number of hydrogen-bond donors (Lipinski definition) is 1. The van der Waals surface area contributed by atoms with Crippen molar-refractivity contribution >= 4 is 63.5 Å². The van der Waals surface area contributed by atoms with Crippen LogP contribution in [0.25, 0.3) is 0 Å². The van der Waals surface area contributed by atoms with Crippen molar-refractivity contribution in [3.63, 3.8) is 0 Å². The third-order valence-electron chi connectivity index (χ3n) is 1.52. The number of imidazole rings is 1. The predicted octanol–water partition coefficient (Wildman–Crippen LogP) is 0.705. The van der Waals surface area contributed by atoms with Crippen molar-refractivity contribution in [3.05, 3.63) is 18.2 Å². The van der Waals surface area contributed by atoms with Crippen LogP contribution in [0.4, 0.5) is 4.79 Å². The summed E-state index contributed by atoms with van der Waals surface area (Å²) in [5.41, 5.74) is 0.180. The quantitative estimate of drug-likeness (QED) is 0.490. The van der Waals surface area contributed by atoms with Crippen LogP contribution in [-0.2, 0) is 14.2 Å². The molecule has 0 fully saturated rings. The number of carbonyl (C=O) groups is 2. The van der Waals surface area contributed by atoms with Crippen molar-refractivity contribution in [1.29, 1.82) is 0 Å². The van der Waals surface area contributed by atoms with Gasteiger partial charge in [0.1, 0.15) is 5.69 Å². The van der Waals surface area contributed by atoms with Crippen LogP contribution >= 0.6 is 0 Å². The molecule has 1 aromatic heterocycles.